The fourth-order valence-corrected chi connectivity index (χ4v) is 3.95. The van der Waals surface area contributed by atoms with E-state index in [1.165, 1.54) is 62.5 Å². The van der Waals surface area contributed by atoms with Crippen LogP contribution in [-0.4, -0.2) is 11.1 Å². The molecule has 0 amide bonds. The first-order valence-electron chi connectivity index (χ1n) is 10.3. The largest absolute Gasteiger partial charge is 0.478 e. The third-order valence-corrected chi connectivity index (χ3v) is 5.71. The molecule has 0 fully saturated rings. The predicted octanol–water partition coefficient (Wildman–Crippen LogP) is 7.21. The van der Waals surface area contributed by atoms with Gasteiger partial charge in [-0.2, -0.15) is 0 Å². The fourth-order valence-electron chi connectivity index (χ4n) is 3.95. The molecule has 1 aliphatic rings. The molecule has 1 N–H and O–H groups in total. The molecule has 2 aromatic rings. The lowest BCUT2D eigenvalue weighted by molar-refractivity contribution is 0.0697. The van der Waals surface area contributed by atoms with Gasteiger partial charge in [-0.25, -0.2) is 4.79 Å². The minimum Gasteiger partial charge on any atom is -0.478 e. The number of rotatable bonds is 8. The summed E-state index contributed by atoms with van der Waals surface area (Å²) in [5, 5.41) is 9.01. The summed E-state index contributed by atoms with van der Waals surface area (Å²) in [5.74, 6) is -0.0116. The SMILES string of the molecule is CCCCCCC1CC=C(c2ccc(-c3ccc(C(=O)O)cc3)cc2)CC1. The summed E-state index contributed by atoms with van der Waals surface area (Å²) in [6.45, 7) is 2.27. The van der Waals surface area contributed by atoms with Crippen LogP contribution in [0.25, 0.3) is 16.7 Å². The van der Waals surface area contributed by atoms with Gasteiger partial charge in [-0.05, 0) is 59.6 Å². The van der Waals surface area contributed by atoms with Crippen molar-refractivity contribution in [2.75, 3.05) is 0 Å². The fraction of sp³-hybridized carbons (Fsp3) is 0.400. The summed E-state index contributed by atoms with van der Waals surface area (Å²) < 4.78 is 0. The van der Waals surface area contributed by atoms with E-state index in [1.807, 2.05) is 12.1 Å². The van der Waals surface area contributed by atoms with E-state index < -0.39 is 5.97 Å². The zero-order valence-corrected chi connectivity index (χ0v) is 16.3. The van der Waals surface area contributed by atoms with Crippen molar-refractivity contribution in [1.29, 1.82) is 0 Å². The number of hydrogen-bond acceptors (Lipinski definition) is 1. The van der Waals surface area contributed by atoms with Crippen LogP contribution in [0.3, 0.4) is 0 Å². The average Bonchev–Trinajstić information content (AvgIpc) is 2.72. The molecule has 2 nitrogen and oxygen atoms in total. The molecule has 1 atom stereocenters. The summed E-state index contributed by atoms with van der Waals surface area (Å²) in [6.07, 6.45) is 13.0. The highest BCUT2D eigenvalue weighted by Crippen LogP contribution is 2.33. The van der Waals surface area contributed by atoms with Gasteiger partial charge >= 0.3 is 5.97 Å². The normalized spacial score (nSPS) is 16.8. The predicted molar refractivity (Wildman–Crippen MR) is 113 cm³/mol. The maximum Gasteiger partial charge on any atom is 0.335 e. The van der Waals surface area contributed by atoms with Crippen molar-refractivity contribution in [2.24, 2.45) is 5.92 Å². The van der Waals surface area contributed by atoms with Crippen LogP contribution in [0.4, 0.5) is 0 Å². The molecule has 0 heterocycles. The number of unbranched alkanes of at least 4 members (excludes halogenated alkanes) is 3. The molecule has 2 aromatic carbocycles. The molecule has 2 heteroatoms. The average molecular weight is 363 g/mol. The van der Waals surface area contributed by atoms with Crippen molar-refractivity contribution in [3.8, 4) is 11.1 Å². The lowest BCUT2D eigenvalue weighted by Crippen LogP contribution is -2.05. The zero-order valence-electron chi connectivity index (χ0n) is 16.3. The van der Waals surface area contributed by atoms with Crippen LogP contribution in [-0.2, 0) is 0 Å². The summed E-state index contributed by atoms with van der Waals surface area (Å²) in [4.78, 5) is 11.0. The van der Waals surface area contributed by atoms with E-state index in [1.54, 1.807) is 12.1 Å². The van der Waals surface area contributed by atoms with Gasteiger partial charge in [0.15, 0.2) is 0 Å². The highest BCUT2D eigenvalue weighted by Gasteiger charge is 2.15. The first-order chi connectivity index (χ1) is 13.2. The Bertz CT molecular complexity index is 769. The molecule has 142 valence electrons. The van der Waals surface area contributed by atoms with Crippen molar-refractivity contribution in [1.82, 2.24) is 0 Å². The van der Waals surface area contributed by atoms with Crippen LogP contribution in [0, 0.1) is 5.92 Å². The lowest BCUT2D eigenvalue weighted by atomic mass is 9.83. The van der Waals surface area contributed by atoms with E-state index in [2.05, 4.69) is 37.3 Å². The standard InChI is InChI=1S/C25H30O2/c1-2-3-4-5-6-19-7-9-20(10-8-19)21-11-13-22(14-12-21)23-15-17-24(18-16-23)25(26)27/h9,11-19H,2-8,10H2,1H3,(H,26,27). The van der Waals surface area contributed by atoms with Gasteiger partial charge in [0.25, 0.3) is 0 Å². The number of carboxylic acid groups (broad SMARTS) is 1. The van der Waals surface area contributed by atoms with Gasteiger partial charge < -0.3 is 5.11 Å². The lowest BCUT2D eigenvalue weighted by Gasteiger charge is -2.22. The molecule has 0 radical (unpaired) electrons. The van der Waals surface area contributed by atoms with Crippen molar-refractivity contribution >= 4 is 11.5 Å². The molecule has 0 aromatic heterocycles. The first-order valence-corrected chi connectivity index (χ1v) is 10.3. The van der Waals surface area contributed by atoms with Crippen molar-refractivity contribution in [3.05, 3.63) is 65.7 Å². The third kappa shape index (κ3) is 5.32. The number of benzene rings is 2. The molecule has 1 aliphatic carbocycles. The van der Waals surface area contributed by atoms with E-state index >= 15 is 0 Å². The molecule has 1 unspecified atom stereocenters. The number of carboxylic acids is 1. The van der Waals surface area contributed by atoms with Gasteiger partial charge in [-0.1, -0.05) is 81.5 Å². The molecule has 3 rings (SSSR count). The van der Waals surface area contributed by atoms with Crippen LogP contribution in [0.1, 0.15) is 74.2 Å². The smallest absolute Gasteiger partial charge is 0.335 e. The summed E-state index contributed by atoms with van der Waals surface area (Å²) in [6, 6.07) is 15.8. The maximum atomic E-state index is 11.0. The quantitative estimate of drug-likeness (QED) is 0.504. The van der Waals surface area contributed by atoms with Gasteiger partial charge in [0.1, 0.15) is 0 Å². The van der Waals surface area contributed by atoms with Gasteiger partial charge in [0, 0.05) is 0 Å². The van der Waals surface area contributed by atoms with E-state index in [-0.39, 0.29) is 0 Å². The molecule has 0 aliphatic heterocycles. The van der Waals surface area contributed by atoms with Crippen LogP contribution >= 0.6 is 0 Å². The van der Waals surface area contributed by atoms with Gasteiger partial charge in [0.2, 0.25) is 0 Å². The topological polar surface area (TPSA) is 37.3 Å². The second kappa shape index (κ2) is 9.55. The minimum atomic E-state index is -0.884. The van der Waals surface area contributed by atoms with Crippen molar-refractivity contribution in [3.63, 3.8) is 0 Å². The molecule has 0 saturated heterocycles. The van der Waals surface area contributed by atoms with E-state index in [4.69, 9.17) is 5.11 Å². The Hall–Kier alpha value is -2.35. The molecule has 27 heavy (non-hydrogen) atoms. The monoisotopic (exact) mass is 362 g/mol. The summed E-state index contributed by atoms with van der Waals surface area (Å²) >= 11 is 0. The molecule has 0 bridgehead atoms. The number of carbonyl (C=O) groups is 1. The van der Waals surface area contributed by atoms with Gasteiger partial charge in [0.05, 0.1) is 5.56 Å². The number of aromatic carboxylic acids is 1. The molecule has 0 saturated carbocycles. The Labute approximate surface area is 162 Å². The van der Waals surface area contributed by atoms with Crippen molar-refractivity contribution < 1.29 is 9.90 Å². The highest BCUT2D eigenvalue weighted by atomic mass is 16.4. The first kappa shape index (κ1) is 19.4. The zero-order chi connectivity index (χ0) is 19.1. The maximum absolute atomic E-state index is 11.0. The Morgan fingerprint density at radius 3 is 2.11 bits per heavy atom. The number of hydrogen-bond donors (Lipinski definition) is 1. The van der Waals surface area contributed by atoms with Crippen LogP contribution in [0.2, 0.25) is 0 Å². The minimum absolute atomic E-state index is 0.326. The molecular formula is C25H30O2. The third-order valence-electron chi connectivity index (χ3n) is 5.71. The van der Waals surface area contributed by atoms with Crippen LogP contribution < -0.4 is 0 Å². The van der Waals surface area contributed by atoms with Crippen LogP contribution in [0.15, 0.2) is 54.6 Å². The second-order valence-electron chi connectivity index (χ2n) is 7.68. The Balaban J connectivity index is 1.59. The van der Waals surface area contributed by atoms with Crippen molar-refractivity contribution in [2.45, 2.75) is 58.3 Å². The highest BCUT2D eigenvalue weighted by molar-refractivity contribution is 5.88. The summed E-state index contributed by atoms with van der Waals surface area (Å²) in [7, 11) is 0. The second-order valence-corrected chi connectivity index (χ2v) is 7.68. The Kier molecular flexibility index (Phi) is 6.86. The van der Waals surface area contributed by atoms with Crippen LogP contribution in [0.5, 0.6) is 0 Å². The van der Waals surface area contributed by atoms with E-state index in [9.17, 15) is 4.79 Å². The van der Waals surface area contributed by atoms with Gasteiger partial charge in [-0.3, -0.25) is 0 Å². The van der Waals surface area contributed by atoms with Gasteiger partial charge in [-0.15, -0.1) is 0 Å². The van der Waals surface area contributed by atoms with E-state index in [0.29, 0.717) is 5.56 Å². The summed E-state index contributed by atoms with van der Waals surface area (Å²) in [5.41, 5.74) is 5.31. The molecular weight excluding hydrogens is 332 g/mol. The Morgan fingerprint density at radius 2 is 1.56 bits per heavy atom. The number of allylic oxidation sites excluding steroid dienone is 2. The Morgan fingerprint density at radius 1 is 0.926 bits per heavy atom. The molecule has 0 spiro atoms. The van der Waals surface area contributed by atoms with E-state index in [0.717, 1.165) is 17.0 Å².